The van der Waals surface area contributed by atoms with E-state index < -0.39 is 0 Å². The van der Waals surface area contributed by atoms with Gasteiger partial charge in [0, 0.05) is 9.75 Å². The van der Waals surface area contributed by atoms with Crippen molar-refractivity contribution in [2.45, 2.75) is 13.8 Å². The SMILES string of the molecule is Cc1cc2c(s1)-c1sc(C)cc1OCCOCCOCCOCCO2. The summed E-state index contributed by atoms with van der Waals surface area (Å²) in [6, 6.07) is 4.17. The molecule has 138 valence electrons. The topological polar surface area (TPSA) is 46.2 Å². The highest BCUT2D eigenvalue weighted by Gasteiger charge is 2.18. The summed E-state index contributed by atoms with van der Waals surface area (Å²) in [5, 5.41) is 0. The smallest absolute Gasteiger partial charge is 0.139 e. The normalized spacial score (nSPS) is 17.7. The van der Waals surface area contributed by atoms with E-state index in [1.807, 2.05) is 0 Å². The van der Waals surface area contributed by atoms with Crippen molar-refractivity contribution in [2.75, 3.05) is 52.9 Å². The third kappa shape index (κ3) is 5.43. The van der Waals surface area contributed by atoms with Crippen molar-refractivity contribution in [3.63, 3.8) is 0 Å². The monoisotopic (exact) mass is 384 g/mol. The van der Waals surface area contributed by atoms with Gasteiger partial charge < -0.3 is 23.7 Å². The van der Waals surface area contributed by atoms with Gasteiger partial charge in [-0.2, -0.15) is 0 Å². The summed E-state index contributed by atoms with van der Waals surface area (Å²) < 4.78 is 28.5. The van der Waals surface area contributed by atoms with Gasteiger partial charge in [-0.25, -0.2) is 0 Å². The number of hydrogen-bond donors (Lipinski definition) is 0. The molecule has 2 aromatic rings. The van der Waals surface area contributed by atoms with E-state index in [1.54, 1.807) is 22.7 Å². The lowest BCUT2D eigenvalue weighted by atomic mass is 10.3. The van der Waals surface area contributed by atoms with Gasteiger partial charge in [-0.05, 0) is 26.0 Å². The lowest BCUT2D eigenvalue weighted by molar-refractivity contribution is 0.00521. The number of rotatable bonds is 0. The first kappa shape index (κ1) is 18.7. The maximum Gasteiger partial charge on any atom is 0.139 e. The fraction of sp³-hybridized carbons (Fsp3) is 0.556. The molecule has 2 aromatic heterocycles. The zero-order chi connectivity index (χ0) is 17.5. The van der Waals surface area contributed by atoms with Gasteiger partial charge in [0.1, 0.15) is 24.7 Å². The van der Waals surface area contributed by atoms with E-state index in [1.165, 1.54) is 9.75 Å². The van der Waals surface area contributed by atoms with Gasteiger partial charge in [0.15, 0.2) is 0 Å². The Hall–Kier alpha value is -1.12. The van der Waals surface area contributed by atoms with Gasteiger partial charge in [-0.1, -0.05) is 0 Å². The molecule has 0 bridgehead atoms. The summed E-state index contributed by atoms with van der Waals surface area (Å²) in [5.74, 6) is 1.80. The highest BCUT2D eigenvalue weighted by molar-refractivity contribution is 7.22. The van der Waals surface area contributed by atoms with Crippen LogP contribution in [-0.2, 0) is 14.2 Å². The highest BCUT2D eigenvalue weighted by atomic mass is 32.1. The molecule has 25 heavy (non-hydrogen) atoms. The first-order valence-electron chi connectivity index (χ1n) is 8.44. The predicted octanol–water partition coefficient (Wildman–Crippen LogP) is 3.91. The highest BCUT2D eigenvalue weighted by Crippen LogP contribution is 2.46. The van der Waals surface area contributed by atoms with Crippen LogP contribution in [0.1, 0.15) is 9.75 Å². The van der Waals surface area contributed by atoms with E-state index >= 15 is 0 Å². The van der Waals surface area contributed by atoms with E-state index in [0.717, 1.165) is 21.3 Å². The maximum atomic E-state index is 5.97. The molecule has 0 spiro atoms. The molecule has 0 aromatic carbocycles. The molecule has 0 amide bonds. The van der Waals surface area contributed by atoms with Crippen LogP contribution in [0, 0.1) is 13.8 Å². The first-order chi connectivity index (χ1) is 12.2. The minimum atomic E-state index is 0.521. The average molecular weight is 385 g/mol. The Morgan fingerprint density at radius 1 is 0.600 bits per heavy atom. The zero-order valence-electron chi connectivity index (χ0n) is 14.7. The third-order valence-electron chi connectivity index (χ3n) is 3.56. The molecular formula is C18H24O5S2. The molecule has 1 aliphatic heterocycles. The number of aryl methyl sites for hydroxylation is 2. The van der Waals surface area contributed by atoms with Gasteiger partial charge in [0.05, 0.1) is 49.4 Å². The van der Waals surface area contributed by atoms with E-state index in [-0.39, 0.29) is 0 Å². The second-order valence-electron chi connectivity index (χ2n) is 5.63. The fourth-order valence-corrected chi connectivity index (χ4v) is 4.53. The molecular weight excluding hydrogens is 360 g/mol. The minimum Gasteiger partial charge on any atom is -0.490 e. The van der Waals surface area contributed by atoms with Gasteiger partial charge in [0.2, 0.25) is 0 Å². The zero-order valence-corrected chi connectivity index (χ0v) is 16.3. The van der Waals surface area contributed by atoms with Gasteiger partial charge in [0.25, 0.3) is 0 Å². The summed E-state index contributed by atoms with van der Waals surface area (Å²) in [6.07, 6.45) is 0. The van der Waals surface area contributed by atoms with Crippen LogP contribution in [-0.4, -0.2) is 52.9 Å². The summed E-state index contributed by atoms with van der Waals surface area (Å²) >= 11 is 3.46. The molecule has 0 saturated carbocycles. The number of fused-ring (bicyclic) bond motifs is 3. The van der Waals surface area contributed by atoms with Crippen LogP contribution in [0.3, 0.4) is 0 Å². The maximum absolute atomic E-state index is 5.97. The van der Waals surface area contributed by atoms with Crippen LogP contribution >= 0.6 is 22.7 Å². The Morgan fingerprint density at radius 2 is 0.960 bits per heavy atom. The quantitative estimate of drug-likeness (QED) is 0.689. The summed E-state index contributed by atoms with van der Waals surface area (Å²) in [5.41, 5.74) is 0. The van der Waals surface area contributed by atoms with E-state index in [4.69, 9.17) is 23.7 Å². The molecule has 1 aliphatic rings. The number of ether oxygens (including phenoxy) is 5. The summed E-state index contributed by atoms with van der Waals surface area (Å²) in [4.78, 5) is 4.68. The van der Waals surface area contributed by atoms with Crippen molar-refractivity contribution in [1.29, 1.82) is 0 Å². The molecule has 0 saturated heterocycles. The standard InChI is InChI=1S/C18H24O5S2/c1-13-11-15-17(24-13)18-16(12-14(2)25-18)23-10-8-21-6-4-19-3-5-20-7-9-22-15/h11-12H,3-10H2,1-2H3. The van der Waals surface area contributed by atoms with Gasteiger partial charge in [-0.15, -0.1) is 22.7 Å². The molecule has 0 unspecified atom stereocenters. The molecule has 3 heterocycles. The molecule has 0 fully saturated rings. The Bertz CT molecular complexity index is 608. The molecule has 0 aliphatic carbocycles. The van der Waals surface area contributed by atoms with Crippen LogP contribution < -0.4 is 9.47 Å². The lowest BCUT2D eigenvalue weighted by Gasteiger charge is -2.09. The van der Waals surface area contributed by atoms with Crippen LogP contribution in [0.5, 0.6) is 11.5 Å². The first-order valence-corrected chi connectivity index (χ1v) is 10.1. The Morgan fingerprint density at radius 3 is 1.36 bits per heavy atom. The molecule has 5 nitrogen and oxygen atoms in total. The molecule has 0 radical (unpaired) electrons. The second-order valence-corrected chi connectivity index (χ2v) is 8.15. The Labute approximate surface area is 156 Å². The van der Waals surface area contributed by atoms with Crippen molar-refractivity contribution in [3.05, 3.63) is 21.9 Å². The van der Waals surface area contributed by atoms with Crippen LogP contribution in [0.25, 0.3) is 9.75 Å². The third-order valence-corrected chi connectivity index (χ3v) is 5.79. The second kappa shape index (κ2) is 9.54. The Kier molecular flexibility index (Phi) is 7.12. The van der Waals surface area contributed by atoms with Crippen molar-refractivity contribution in [1.82, 2.24) is 0 Å². The number of thiophene rings is 2. The van der Waals surface area contributed by atoms with E-state index in [9.17, 15) is 0 Å². The van der Waals surface area contributed by atoms with Crippen LogP contribution in [0.2, 0.25) is 0 Å². The van der Waals surface area contributed by atoms with Crippen molar-refractivity contribution in [3.8, 4) is 21.3 Å². The summed E-state index contributed by atoms with van der Waals surface area (Å²) in [6.45, 7) is 8.58. The lowest BCUT2D eigenvalue weighted by Crippen LogP contribution is -2.14. The summed E-state index contributed by atoms with van der Waals surface area (Å²) in [7, 11) is 0. The van der Waals surface area contributed by atoms with Gasteiger partial charge >= 0.3 is 0 Å². The van der Waals surface area contributed by atoms with Crippen molar-refractivity contribution >= 4 is 22.7 Å². The largest absolute Gasteiger partial charge is 0.490 e. The molecule has 0 atom stereocenters. The number of hydrogen-bond acceptors (Lipinski definition) is 7. The Balaban J connectivity index is 1.78. The van der Waals surface area contributed by atoms with Crippen molar-refractivity contribution < 1.29 is 23.7 Å². The van der Waals surface area contributed by atoms with E-state index in [0.29, 0.717) is 52.9 Å². The van der Waals surface area contributed by atoms with Crippen LogP contribution in [0.4, 0.5) is 0 Å². The molecule has 7 heteroatoms. The average Bonchev–Trinajstić information content (AvgIpc) is 3.13. The molecule has 3 rings (SSSR count). The van der Waals surface area contributed by atoms with E-state index in [2.05, 4.69) is 26.0 Å². The predicted molar refractivity (Wildman–Crippen MR) is 101 cm³/mol. The van der Waals surface area contributed by atoms with Crippen LogP contribution in [0.15, 0.2) is 12.1 Å². The van der Waals surface area contributed by atoms with Crippen molar-refractivity contribution in [2.24, 2.45) is 0 Å². The minimum absolute atomic E-state index is 0.521. The van der Waals surface area contributed by atoms with Gasteiger partial charge in [-0.3, -0.25) is 0 Å². The molecule has 0 N–H and O–H groups in total. The fourth-order valence-electron chi connectivity index (χ4n) is 2.48.